The molecule has 1 N–H and O–H groups in total. The molecule has 1 heterocycles. The van der Waals surface area contributed by atoms with Crippen molar-refractivity contribution < 1.29 is 4.39 Å². The molecule has 3 nitrogen and oxygen atoms in total. The molecule has 0 aliphatic heterocycles. The van der Waals surface area contributed by atoms with Crippen LogP contribution in [0.4, 0.5) is 4.39 Å². The summed E-state index contributed by atoms with van der Waals surface area (Å²) >= 11 is 3.25. The summed E-state index contributed by atoms with van der Waals surface area (Å²) in [5.74, 6) is -0.213. The van der Waals surface area contributed by atoms with E-state index in [-0.39, 0.29) is 11.9 Å². The van der Waals surface area contributed by atoms with E-state index in [4.69, 9.17) is 0 Å². The third-order valence-corrected chi connectivity index (χ3v) is 3.44. The molecule has 1 atom stereocenters. The van der Waals surface area contributed by atoms with Crippen molar-refractivity contribution in [3.63, 3.8) is 0 Å². The fourth-order valence-electron chi connectivity index (χ4n) is 1.84. The largest absolute Gasteiger partial charge is 0.311 e. The number of halogens is 2. The topological polar surface area (TPSA) is 37.8 Å². The van der Waals surface area contributed by atoms with Crippen LogP contribution in [0.1, 0.15) is 23.0 Å². The number of hydrogen-bond donors (Lipinski definition) is 1. The maximum absolute atomic E-state index is 13.8. The summed E-state index contributed by atoms with van der Waals surface area (Å²) in [6.45, 7) is 1.89. The van der Waals surface area contributed by atoms with E-state index in [9.17, 15) is 4.39 Å². The van der Waals surface area contributed by atoms with E-state index in [0.29, 0.717) is 12.0 Å². The Hall–Kier alpha value is -1.33. The standard InChI is InChI=1S/C14H15BrFN3/c1-9-7-19-14(8-18-9)13(17-2)5-10-3-4-11(15)6-12(10)16/h3-4,6-8,13,17H,5H2,1-2H3. The Balaban J connectivity index is 2.21. The number of nitrogens with one attached hydrogen (secondary N) is 1. The van der Waals surface area contributed by atoms with Crippen LogP contribution in [0.3, 0.4) is 0 Å². The van der Waals surface area contributed by atoms with Gasteiger partial charge in [-0.3, -0.25) is 9.97 Å². The number of rotatable bonds is 4. The number of hydrogen-bond acceptors (Lipinski definition) is 3. The molecule has 0 aliphatic carbocycles. The van der Waals surface area contributed by atoms with Crippen LogP contribution < -0.4 is 5.32 Å². The summed E-state index contributed by atoms with van der Waals surface area (Å²) in [6.07, 6.45) is 3.98. The van der Waals surface area contributed by atoms with E-state index in [1.807, 2.05) is 20.0 Å². The first-order valence-corrected chi connectivity index (χ1v) is 6.79. The molecular weight excluding hydrogens is 309 g/mol. The monoisotopic (exact) mass is 323 g/mol. The average Bonchev–Trinajstić information content (AvgIpc) is 2.39. The Morgan fingerprint density at radius 3 is 2.68 bits per heavy atom. The number of aryl methyl sites for hydroxylation is 1. The molecule has 1 unspecified atom stereocenters. The second kappa shape index (κ2) is 6.21. The van der Waals surface area contributed by atoms with Crippen molar-refractivity contribution in [1.82, 2.24) is 15.3 Å². The van der Waals surface area contributed by atoms with Crippen LogP contribution in [-0.2, 0) is 6.42 Å². The summed E-state index contributed by atoms with van der Waals surface area (Å²) < 4.78 is 14.6. The minimum Gasteiger partial charge on any atom is -0.311 e. The highest BCUT2D eigenvalue weighted by Crippen LogP contribution is 2.21. The predicted octanol–water partition coefficient (Wildman–Crippen LogP) is 3.19. The van der Waals surface area contributed by atoms with Crippen LogP contribution >= 0.6 is 15.9 Å². The third kappa shape index (κ3) is 3.58. The number of nitrogens with zero attached hydrogens (tertiary/aromatic N) is 2. The summed E-state index contributed by atoms with van der Waals surface area (Å²) in [5.41, 5.74) is 2.34. The fourth-order valence-corrected chi connectivity index (χ4v) is 2.18. The van der Waals surface area contributed by atoms with Gasteiger partial charge in [0.2, 0.25) is 0 Å². The summed E-state index contributed by atoms with van der Waals surface area (Å²) in [7, 11) is 1.84. The van der Waals surface area contributed by atoms with Crippen molar-refractivity contribution in [3.05, 3.63) is 57.8 Å². The van der Waals surface area contributed by atoms with Crippen LogP contribution in [0.2, 0.25) is 0 Å². The predicted molar refractivity (Wildman–Crippen MR) is 76.4 cm³/mol. The van der Waals surface area contributed by atoms with Gasteiger partial charge in [0.05, 0.1) is 23.6 Å². The molecule has 2 aromatic rings. The number of benzene rings is 1. The van der Waals surface area contributed by atoms with Crippen molar-refractivity contribution in [2.45, 2.75) is 19.4 Å². The van der Waals surface area contributed by atoms with E-state index in [1.54, 1.807) is 18.5 Å². The first-order valence-electron chi connectivity index (χ1n) is 6.00. The summed E-state index contributed by atoms with van der Waals surface area (Å²) in [4.78, 5) is 8.56. The van der Waals surface area contributed by atoms with Crippen LogP contribution in [0.25, 0.3) is 0 Å². The maximum Gasteiger partial charge on any atom is 0.127 e. The SMILES string of the molecule is CNC(Cc1ccc(Br)cc1F)c1cnc(C)cn1. The second-order valence-electron chi connectivity index (χ2n) is 4.36. The average molecular weight is 324 g/mol. The molecule has 0 saturated heterocycles. The van der Waals surface area contributed by atoms with Gasteiger partial charge in [0.1, 0.15) is 5.82 Å². The lowest BCUT2D eigenvalue weighted by Gasteiger charge is -2.16. The zero-order valence-electron chi connectivity index (χ0n) is 10.8. The first kappa shape index (κ1) is 14.1. The quantitative estimate of drug-likeness (QED) is 0.939. The molecule has 0 saturated carbocycles. The molecule has 0 amide bonds. The molecule has 5 heteroatoms. The maximum atomic E-state index is 13.8. The molecule has 19 heavy (non-hydrogen) atoms. The fraction of sp³-hybridized carbons (Fsp3) is 0.286. The van der Waals surface area contributed by atoms with E-state index in [0.717, 1.165) is 15.9 Å². The minimum atomic E-state index is -0.213. The zero-order chi connectivity index (χ0) is 13.8. The second-order valence-corrected chi connectivity index (χ2v) is 5.28. The van der Waals surface area contributed by atoms with Crippen molar-refractivity contribution >= 4 is 15.9 Å². The van der Waals surface area contributed by atoms with Gasteiger partial charge in [0, 0.05) is 10.7 Å². The van der Waals surface area contributed by atoms with Crippen molar-refractivity contribution in [2.75, 3.05) is 7.05 Å². The van der Waals surface area contributed by atoms with Crippen molar-refractivity contribution in [3.8, 4) is 0 Å². The van der Waals surface area contributed by atoms with Gasteiger partial charge in [-0.1, -0.05) is 22.0 Å². The lowest BCUT2D eigenvalue weighted by molar-refractivity contribution is 0.542. The molecule has 0 spiro atoms. The minimum absolute atomic E-state index is 0.0521. The van der Waals surface area contributed by atoms with Gasteiger partial charge < -0.3 is 5.32 Å². The molecule has 0 bridgehead atoms. The molecule has 0 fully saturated rings. The Morgan fingerprint density at radius 1 is 1.32 bits per heavy atom. The Morgan fingerprint density at radius 2 is 2.11 bits per heavy atom. The third-order valence-electron chi connectivity index (χ3n) is 2.95. The molecule has 100 valence electrons. The molecule has 1 aromatic carbocycles. The van der Waals surface area contributed by atoms with Gasteiger partial charge in [0.15, 0.2) is 0 Å². The van der Waals surface area contributed by atoms with Gasteiger partial charge in [-0.05, 0) is 38.1 Å². The van der Waals surface area contributed by atoms with Crippen LogP contribution in [0.15, 0.2) is 35.1 Å². The Labute approximate surface area is 120 Å². The van der Waals surface area contributed by atoms with Gasteiger partial charge in [-0.2, -0.15) is 0 Å². The molecule has 1 aromatic heterocycles. The van der Waals surface area contributed by atoms with E-state index < -0.39 is 0 Å². The number of aromatic nitrogens is 2. The molecule has 0 aliphatic rings. The highest BCUT2D eigenvalue weighted by atomic mass is 79.9. The normalized spacial score (nSPS) is 12.4. The summed E-state index contributed by atoms with van der Waals surface area (Å²) in [5, 5.41) is 3.15. The van der Waals surface area contributed by atoms with Gasteiger partial charge in [-0.25, -0.2) is 4.39 Å². The van der Waals surface area contributed by atoms with E-state index in [2.05, 4.69) is 31.2 Å². The highest BCUT2D eigenvalue weighted by molar-refractivity contribution is 9.10. The van der Waals surface area contributed by atoms with Crippen LogP contribution in [0, 0.1) is 12.7 Å². The van der Waals surface area contributed by atoms with Crippen molar-refractivity contribution in [2.24, 2.45) is 0 Å². The van der Waals surface area contributed by atoms with E-state index in [1.165, 1.54) is 6.07 Å². The smallest absolute Gasteiger partial charge is 0.127 e. The first-order chi connectivity index (χ1) is 9.10. The Bertz CT molecular complexity index is 557. The molecule has 0 radical (unpaired) electrons. The molecular formula is C14H15BrFN3. The molecule has 2 rings (SSSR count). The van der Waals surface area contributed by atoms with Gasteiger partial charge in [0.25, 0.3) is 0 Å². The van der Waals surface area contributed by atoms with E-state index >= 15 is 0 Å². The number of likely N-dealkylation sites (N-methyl/N-ethyl adjacent to an activating group) is 1. The van der Waals surface area contributed by atoms with Crippen LogP contribution in [0.5, 0.6) is 0 Å². The van der Waals surface area contributed by atoms with Gasteiger partial charge >= 0.3 is 0 Å². The lowest BCUT2D eigenvalue weighted by atomic mass is 10.0. The Kier molecular flexibility index (Phi) is 4.61. The van der Waals surface area contributed by atoms with Crippen LogP contribution in [-0.4, -0.2) is 17.0 Å². The lowest BCUT2D eigenvalue weighted by Crippen LogP contribution is -2.20. The highest BCUT2D eigenvalue weighted by Gasteiger charge is 2.14. The van der Waals surface area contributed by atoms with Crippen molar-refractivity contribution in [1.29, 1.82) is 0 Å². The summed E-state index contributed by atoms with van der Waals surface area (Å²) in [6, 6.07) is 5.05. The van der Waals surface area contributed by atoms with Gasteiger partial charge in [-0.15, -0.1) is 0 Å². The zero-order valence-corrected chi connectivity index (χ0v) is 12.4.